The molecule has 74 valence electrons. The van der Waals surface area contributed by atoms with E-state index in [0.29, 0.717) is 12.8 Å². The van der Waals surface area contributed by atoms with Crippen LogP contribution in [0.25, 0.3) is 0 Å². The quantitative estimate of drug-likeness (QED) is 0.477. The Morgan fingerprint density at radius 1 is 1.77 bits per heavy atom. The molecule has 0 aromatic heterocycles. The summed E-state index contributed by atoms with van der Waals surface area (Å²) in [5.74, 6) is 0. The molecular weight excluding hydrogens is 166 g/mol. The van der Waals surface area contributed by atoms with E-state index in [1.165, 1.54) is 6.08 Å². The van der Waals surface area contributed by atoms with E-state index in [9.17, 15) is 9.90 Å². The Bertz CT molecular complexity index is 209. The number of carbonyl (C=O) groups excluding carboxylic acids is 1. The predicted octanol–water partition coefficient (Wildman–Crippen LogP) is 1.00. The summed E-state index contributed by atoms with van der Waals surface area (Å²) in [6.07, 6.45) is 2.49. The average molecular weight is 183 g/mol. The smallest absolute Gasteiger partial charge is 0.207 e. The van der Waals surface area contributed by atoms with E-state index in [1.54, 1.807) is 6.92 Å². The van der Waals surface area contributed by atoms with E-state index >= 15 is 0 Å². The van der Waals surface area contributed by atoms with Gasteiger partial charge in [0.15, 0.2) is 0 Å². The van der Waals surface area contributed by atoms with Crippen LogP contribution in [0.2, 0.25) is 0 Å². The van der Waals surface area contributed by atoms with Gasteiger partial charge in [-0.3, -0.25) is 4.79 Å². The van der Waals surface area contributed by atoms with Gasteiger partial charge in [0.05, 0.1) is 5.60 Å². The van der Waals surface area contributed by atoms with E-state index in [2.05, 4.69) is 18.5 Å². The van der Waals surface area contributed by atoms with Crippen molar-refractivity contribution < 1.29 is 9.90 Å². The van der Waals surface area contributed by atoms with Crippen LogP contribution in [0.5, 0.6) is 0 Å². The molecule has 0 rings (SSSR count). The fraction of sp³-hybridized carbons (Fsp3) is 0.500. The van der Waals surface area contributed by atoms with Gasteiger partial charge in [0.25, 0.3) is 0 Å². The van der Waals surface area contributed by atoms with Gasteiger partial charge in [0, 0.05) is 12.5 Å². The average Bonchev–Trinajstić information content (AvgIpc) is 2.04. The standard InChI is InChI=1S/C10H17NO2/c1-5-10(4,13)6-8(2)9(3)11-7-12/h5,7,9,13H,1-2,6H2,3-4H3,(H,11,12). The number of rotatable bonds is 6. The van der Waals surface area contributed by atoms with Gasteiger partial charge >= 0.3 is 0 Å². The lowest BCUT2D eigenvalue weighted by Gasteiger charge is -2.22. The monoisotopic (exact) mass is 183 g/mol. The molecule has 0 fully saturated rings. The molecule has 0 aromatic carbocycles. The van der Waals surface area contributed by atoms with Gasteiger partial charge in [-0.25, -0.2) is 0 Å². The number of hydrogen-bond donors (Lipinski definition) is 2. The summed E-state index contributed by atoms with van der Waals surface area (Å²) in [5.41, 5.74) is -0.174. The van der Waals surface area contributed by atoms with Crippen molar-refractivity contribution in [3.63, 3.8) is 0 Å². The molecular formula is C10H17NO2. The zero-order valence-corrected chi connectivity index (χ0v) is 8.21. The van der Waals surface area contributed by atoms with Crippen molar-refractivity contribution in [3.05, 3.63) is 24.8 Å². The minimum Gasteiger partial charge on any atom is -0.386 e. The third-order valence-electron chi connectivity index (χ3n) is 1.96. The molecule has 0 radical (unpaired) electrons. The van der Waals surface area contributed by atoms with E-state index in [4.69, 9.17) is 0 Å². The minimum atomic E-state index is -0.949. The first kappa shape index (κ1) is 11.9. The van der Waals surface area contributed by atoms with Gasteiger partial charge in [0.2, 0.25) is 6.41 Å². The fourth-order valence-electron chi connectivity index (χ4n) is 0.905. The summed E-state index contributed by atoms with van der Waals surface area (Å²) in [7, 11) is 0. The highest BCUT2D eigenvalue weighted by Gasteiger charge is 2.19. The molecule has 0 aliphatic rings. The second kappa shape index (κ2) is 4.82. The summed E-state index contributed by atoms with van der Waals surface area (Å²) in [6, 6.07) is -0.121. The van der Waals surface area contributed by atoms with Gasteiger partial charge in [-0.15, -0.1) is 6.58 Å². The molecule has 0 aliphatic heterocycles. The highest BCUT2D eigenvalue weighted by molar-refractivity contribution is 5.47. The van der Waals surface area contributed by atoms with Crippen molar-refractivity contribution >= 4 is 6.41 Å². The third kappa shape index (κ3) is 4.48. The lowest BCUT2D eigenvalue weighted by atomic mass is 9.94. The summed E-state index contributed by atoms with van der Waals surface area (Å²) < 4.78 is 0. The zero-order chi connectivity index (χ0) is 10.5. The minimum absolute atomic E-state index is 0.121. The van der Waals surface area contributed by atoms with Gasteiger partial charge in [-0.2, -0.15) is 0 Å². The number of aliphatic hydroxyl groups is 1. The maximum atomic E-state index is 10.1. The molecule has 2 N–H and O–H groups in total. The molecule has 0 aromatic rings. The molecule has 0 saturated heterocycles. The lowest BCUT2D eigenvalue weighted by molar-refractivity contribution is -0.109. The van der Waals surface area contributed by atoms with Crippen LogP contribution in [0, 0.1) is 0 Å². The van der Waals surface area contributed by atoms with Crippen LogP contribution in [0.1, 0.15) is 20.3 Å². The molecule has 0 heterocycles. The summed E-state index contributed by atoms with van der Waals surface area (Å²) in [5, 5.41) is 12.2. The highest BCUT2D eigenvalue weighted by Crippen LogP contribution is 2.17. The maximum absolute atomic E-state index is 10.1. The maximum Gasteiger partial charge on any atom is 0.207 e. The van der Waals surface area contributed by atoms with Crippen LogP contribution < -0.4 is 5.32 Å². The first-order valence-electron chi connectivity index (χ1n) is 4.16. The van der Waals surface area contributed by atoms with Crippen molar-refractivity contribution in [2.75, 3.05) is 0 Å². The van der Waals surface area contributed by atoms with Crippen LogP contribution in [0.4, 0.5) is 0 Å². The Hall–Kier alpha value is -1.09. The zero-order valence-electron chi connectivity index (χ0n) is 8.21. The number of hydrogen-bond acceptors (Lipinski definition) is 2. The number of amides is 1. The number of carbonyl (C=O) groups is 1. The van der Waals surface area contributed by atoms with E-state index in [0.717, 1.165) is 5.57 Å². The van der Waals surface area contributed by atoms with Crippen molar-refractivity contribution in [3.8, 4) is 0 Å². The first-order chi connectivity index (χ1) is 5.93. The molecule has 1 amide bonds. The SMILES string of the molecule is C=CC(C)(O)CC(=C)C(C)NC=O. The van der Waals surface area contributed by atoms with Crippen molar-refractivity contribution in [2.45, 2.75) is 31.9 Å². The topological polar surface area (TPSA) is 49.3 Å². The Labute approximate surface area is 79.2 Å². The lowest BCUT2D eigenvalue weighted by Crippen LogP contribution is -2.30. The highest BCUT2D eigenvalue weighted by atomic mass is 16.3. The first-order valence-corrected chi connectivity index (χ1v) is 4.16. The predicted molar refractivity (Wildman–Crippen MR) is 53.2 cm³/mol. The Kier molecular flexibility index (Phi) is 4.42. The largest absolute Gasteiger partial charge is 0.386 e. The van der Waals surface area contributed by atoms with Crippen LogP contribution >= 0.6 is 0 Å². The van der Waals surface area contributed by atoms with Crippen molar-refractivity contribution in [1.29, 1.82) is 0 Å². The molecule has 2 atom stereocenters. The molecule has 3 heteroatoms. The Morgan fingerprint density at radius 2 is 2.31 bits per heavy atom. The van der Waals surface area contributed by atoms with E-state index < -0.39 is 5.60 Å². The van der Waals surface area contributed by atoms with E-state index in [-0.39, 0.29) is 6.04 Å². The molecule has 3 nitrogen and oxygen atoms in total. The molecule has 0 saturated carbocycles. The van der Waals surface area contributed by atoms with Gasteiger partial charge < -0.3 is 10.4 Å². The molecule has 2 unspecified atom stereocenters. The van der Waals surface area contributed by atoms with Crippen LogP contribution in [-0.4, -0.2) is 23.2 Å². The fourth-order valence-corrected chi connectivity index (χ4v) is 0.905. The Balaban J connectivity index is 4.14. The molecule has 0 aliphatic carbocycles. The molecule has 0 spiro atoms. The van der Waals surface area contributed by atoms with Crippen LogP contribution in [-0.2, 0) is 4.79 Å². The van der Waals surface area contributed by atoms with Gasteiger partial charge in [0.1, 0.15) is 0 Å². The van der Waals surface area contributed by atoms with Gasteiger partial charge in [-0.05, 0) is 13.8 Å². The molecule has 13 heavy (non-hydrogen) atoms. The number of nitrogens with one attached hydrogen (secondary N) is 1. The van der Waals surface area contributed by atoms with E-state index in [1.807, 2.05) is 6.92 Å². The second-order valence-corrected chi connectivity index (χ2v) is 3.40. The normalized spacial score (nSPS) is 16.8. The van der Waals surface area contributed by atoms with Gasteiger partial charge in [-0.1, -0.05) is 18.2 Å². The summed E-state index contributed by atoms with van der Waals surface area (Å²) in [4.78, 5) is 10.1. The Morgan fingerprint density at radius 3 is 2.69 bits per heavy atom. The van der Waals surface area contributed by atoms with Crippen molar-refractivity contribution in [2.24, 2.45) is 0 Å². The van der Waals surface area contributed by atoms with Crippen molar-refractivity contribution in [1.82, 2.24) is 5.32 Å². The summed E-state index contributed by atoms with van der Waals surface area (Å²) in [6.45, 7) is 10.8. The molecule has 0 bridgehead atoms. The van der Waals surface area contributed by atoms with Crippen LogP contribution in [0.15, 0.2) is 24.8 Å². The third-order valence-corrected chi connectivity index (χ3v) is 1.96. The van der Waals surface area contributed by atoms with Crippen LogP contribution in [0.3, 0.4) is 0 Å². The summed E-state index contributed by atoms with van der Waals surface area (Å²) >= 11 is 0. The second-order valence-electron chi connectivity index (χ2n) is 3.40.